The third-order valence-corrected chi connectivity index (χ3v) is 9.87. The predicted octanol–water partition coefficient (Wildman–Crippen LogP) is 6.17. The Morgan fingerprint density at radius 2 is 0.780 bits per heavy atom. The fraction of sp³-hybridized carbons (Fsp3) is 0.222. The lowest BCUT2D eigenvalue weighted by Crippen LogP contribution is -2.50. The molecule has 4 fully saturated rings. The zero-order chi connectivity index (χ0) is 35.3. The van der Waals surface area contributed by atoms with Crippen LogP contribution in [0.15, 0.2) is 109 Å². The van der Waals surface area contributed by atoms with Gasteiger partial charge in [-0.25, -0.2) is 19.8 Å². The first-order valence-corrected chi connectivity index (χ1v) is 15.6. The van der Waals surface area contributed by atoms with Crippen molar-refractivity contribution in [2.45, 2.75) is 36.5 Å². The second-order valence-corrected chi connectivity index (χ2v) is 12.5. The van der Waals surface area contributed by atoms with Gasteiger partial charge in [0.1, 0.15) is 12.1 Å². The van der Waals surface area contributed by atoms with Crippen molar-refractivity contribution in [3.05, 3.63) is 131 Å². The van der Waals surface area contributed by atoms with Gasteiger partial charge < -0.3 is 0 Å². The van der Waals surface area contributed by atoms with Gasteiger partial charge in [-0.2, -0.15) is 26.3 Å². The molecule has 4 aliphatic heterocycles. The normalized spacial score (nSPS) is 26.9. The fourth-order valence-corrected chi connectivity index (χ4v) is 7.95. The number of nitrogens with zero attached hydrogens (tertiary/aromatic N) is 4. The van der Waals surface area contributed by atoms with Crippen molar-refractivity contribution >= 4 is 35.0 Å². The van der Waals surface area contributed by atoms with Crippen molar-refractivity contribution < 1.29 is 45.5 Å². The molecule has 0 bridgehead atoms. The molecule has 0 aliphatic carbocycles. The van der Waals surface area contributed by atoms with Crippen LogP contribution < -0.4 is 9.80 Å². The number of anilines is 2. The summed E-state index contributed by atoms with van der Waals surface area (Å²) in [5.41, 5.74) is -1.69. The smallest absolute Gasteiger partial charge is 0.274 e. The van der Waals surface area contributed by atoms with Crippen molar-refractivity contribution in [1.82, 2.24) is 10.0 Å². The number of hydrogen-bond donors (Lipinski definition) is 0. The Bertz CT molecular complexity index is 1910. The van der Waals surface area contributed by atoms with Crippen LogP contribution in [-0.2, 0) is 31.5 Å². The van der Waals surface area contributed by atoms with Crippen LogP contribution in [0.3, 0.4) is 0 Å². The minimum atomic E-state index is -4.75. The lowest BCUT2D eigenvalue weighted by molar-refractivity contribution is -0.138. The molecule has 4 saturated heterocycles. The van der Waals surface area contributed by atoms with E-state index < -0.39 is 83.1 Å². The summed E-state index contributed by atoms with van der Waals surface area (Å²) in [5.74, 6) is -5.71. The van der Waals surface area contributed by atoms with E-state index in [-0.39, 0.29) is 11.4 Å². The molecule has 0 unspecified atom stereocenters. The number of imide groups is 2. The van der Waals surface area contributed by atoms with Crippen LogP contribution >= 0.6 is 0 Å². The number of carbonyl (C=O) groups excluding carboxylic acids is 4. The van der Waals surface area contributed by atoms with E-state index in [9.17, 15) is 45.5 Å². The van der Waals surface area contributed by atoms with Gasteiger partial charge in [-0.05, 0) is 47.5 Å². The van der Waals surface area contributed by atoms with E-state index in [0.717, 1.165) is 46.2 Å². The fourth-order valence-electron chi connectivity index (χ4n) is 7.95. The molecule has 0 spiro atoms. The number of amides is 4. The van der Waals surface area contributed by atoms with Crippen LogP contribution in [-0.4, -0.2) is 45.7 Å². The van der Waals surface area contributed by atoms with Gasteiger partial charge in [0.05, 0.1) is 46.4 Å². The van der Waals surface area contributed by atoms with E-state index in [2.05, 4.69) is 0 Å². The maximum Gasteiger partial charge on any atom is 0.416 e. The average molecular weight is 691 g/mol. The monoisotopic (exact) mass is 690 g/mol. The Labute approximate surface area is 280 Å². The summed E-state index contributed by atoms with van der Waals surface area (Å²) in [6, 6.07) is 19.8. The van der Waals surface area contributed by atoms with E-state index >= 15 is 0 Å². The van der Waals surface area contributed by atoms with E-state index in [1.54, 1.807) is 60.7 Å². The van der Waals surface area contributed by atoms with Gasteiger partial charge in [0, 0.05) is 0 Å². The Morgan fingerprint density at radius 1 is 0.420 bits per heavy atom. The largest absolute Gasteiger partial charge is 0.416 e. The lowest BCUT2D eigenvalue weighted by Gasteiger charge is -2.35. The molecule has 14 heteroatoms. The molecule has 4 amide bonds. The first-order chi connectivity index (χ1) is 23.8. The highest BCUT2D eigenvalue weighted by Gasteiger charge is 2.73. The van der Waals surface area contributed by atoms with Gasteiger partial charge in [-0.3, -0.25) is 19.2 Å². The molecule has 4 heterocycles. The average Bonchev–Trinajstić information content (AvgIpc) is 3.76. The minimum Gasteiger partial charge on any atom is -0.274 e. The van der Waals surface area contributed by atoms with Crippen molar-refractivity contribution in [2.75, 3.05) is 9.80 Å². The van der Waals surface area contributed by atoms with Crippen molar-refractivity contribution in [3.63, 3.8) is 0 Å². The molecular weight excluding hydrogens is 666 g/mol. The first kappa shape index (κ1) is 31.9. The molecular formula is C36H24F6N4O4. The van der Waals surface area contributed by atoms with Gasteiger partial charge >= 0.3 is 12.4 Å². The topological polar surface area (TPSA) is 81.2 Å². The number of hydrogen-bond acceptors (Lipinski definition) is 6. The Balaban J connectivity index is 1.29. The molecule has 50 heavy (non-hydrogen) atoms. The number of halogens is 6. The summed E-state index contributed by atoms with van der Waals surface area (Å²) in [5, 5.41) is 3.06. The molecule has 4 aromatic rings. The van der Waals surface area contributed by atoms with Crippen LogP contribution in [0.4, 0.5) is 37.7 Å². The molecule has 8 nitrogen and oxygen atoms in total. The van der Waals surface area contributed by atoms with Gasteiger partial charge in [0.15, 0.2) is 0 Å². The number of hydrazine groups is 1. The van der Waals surface area contributed by atoms with Crippen molar-refractivity contribution in [1.29, 1.82) is 0 Å². The summed E-state index contributed by atoms with van der Waals surface area (Å²) in [4.78, 5) is 59.1. The highest BCUT2D eigenvalue weighted by Crippen LogP contribution is 2.60. The molecule has 0 saturated carbocycles. The van der Waals surface area contributed by atoms with E-state index in [4.69, 9.17) is 0 Å². The Morgan fingerprint density at radius 3 is 1.12 bits per heavy atom. The minimum absolute atomic E-state index is 0.277. The highest BCUT2D eigenvalue weighted by atomic mass is 19.4. The van der Waals surface area contributed by atoms with Crippen LogP contribution in [0.1, 0.15) is 34.3 Å². The van der Waals surface area contributed by atoms with E-state index in [1.165, 1.54) is 22.2 Å². The summed E-state index contributed by atoms with van der Waals surface area (Å²) in [6.07, 6.45) is -9.50. The second kappa shape index (κ2) is 11.1. The summed E-state index contributed by atoms with van der Waals surface area (Å²) < 4.78 is 82.1. The molecule has 4 aliphatic rings. The SMILES string of the molecule is O=C1[C@@H]2[C@@H](C(=O)N1c1cccc(C(F)(F)F)c1)N1[C@@H](c3ccccc3)[C@H]3C(=O)N(c4cccc(C(F)(F)F)c4)C(=O)[C@@H]3N1[C@H]2c1ccccc1. The van der Waals surface area contributed by atoms with Crippen molar-refractivity contribution in [2.24, 2.45) is 11.8 Å². The van der Waals surface area contributed by atoms with Crippen LogP contribution in [0.5, 0.6) is 0 Å². The maximum atomic E-state index is 14.4. The number of carbonyl (C=O) groups is 4. The Kier molecular flexibility index (Phi) is 7.07. The Hall–Kier alpha value is -5.34. The first-order valence-electron chi connectivity index (χ1n) is 15.6. The summed E-state index contributed by atoms with van der Waals surface area (Å²) >= 11 is 0. The van der Waals surface area contributed by atoms with Crippen LogP contribution in [0.2, 0.25) is 0 Å². The van der Waals surface area contributed by atoms with Gasteiger partial charge in [0.2, 0.25) is 11.8 Å². The molecule has 0 aromatic heterocycles. The van der Waals surface area contributed by atoms with Crippen molar-refractivity contribution in [3.8, 4) is 0 Å². The summed E-state index contributed by atoms with van der Waals surface area (Å²) in [7, 11) is 0. The highest BCUT2D eigenvalue weighted by molar-refractivity contribution is 6.26. The van der Waals surface area contributed by atoms with E-state index in [1.807, 2.05) is 0 Å². The third kappa shape index (κ3) is 4.62. The van der Waals surface area contributed by atoms with E-state index in [0.29, 0.717) is 11.1 Å². The zero-order valence-electron chi connectivity index (χ0n) is 25.5. The lowest BCUT2D eigenvalue weighted by atomic mass is 9.84. The van der Waals surface area contributed by atoms with Gasteiger partial charge in [-0.15, -0.1) is 0 Å². The van der Waals surface area contributed by atoms with Gasteiger partial charge in [-0.1, -0.05) is 72.8 Å². The second-order valence-electron chi connectivity index (χ2n) is 12.5. The maximum absolute atomic E-state index is 14.4. The molecule has 8 rings (SSSR count). The van der Waals surface area contributed by atoms with Crippen LogP contribution in [0, 0.1) is 11.8 Å². The molecule has 6 atom stereocenters. The van der Waals surface area contributed by atoms with Crippen LogP contribution in [0.25, 0.3) is 0 Å². The number of fused-ring (bicyclic) bond motifs is 5. The summed E-state index contributed by atoms with van der Waals surface area (Å²) in [6.45, 7) is 0. The zero-order valence-corrected chi connectivity index (χ0v) is 25.5. The van der Waals surface area contributed by atoms with Gasteiger partial charge in [0.25, 0.3) is 11.8 Å². The molecule has 0 radical (unpaired) electrons. The number of benzene rings is 4. The standard InChI is InChI=1S/C36H24F6N4O4/c37-35(38,39)21-13-7-15-23(17-21)43-31(47)25-27(19-9-3-1-4-10-19)45-30-26(28(20-11-5-2-6-12-20)46(45)29(25)33(43)49)32(48)44(34(30)50)24-16-8-14-22(18-24)36(40,41)42/h1-18,25-30H/t25-,26+,27-,28-,29-,30+/m0/s1. The molecule has 0 N–H and O–H groups in total. The predicted molar refractivity (Wildman–Crippen MR) is 164 cm³/mol. The number of alkyl halides is 6. The third-order valence-electron chi connectivity index (χ3n) is 9.87. The number of rotatable bonds is 4. The molecule has 254 valence electrons. The quantitative estimate of drug-likeness (QED) is 0.188. The molecule has 4 aromatic carbocycles.